The maximum Gasteiger partial charge on any atom is 0.271 e. The fourth-order valence-electron chi connectivity index (χ4n) is 2.47. The number of carbonyl (C=O) groups is 1. The number of hydrogen-bond acceptors (Lipinski definition) is 6. The zero-order valence-corrected chi connectivity index (χ0v) is 17.7. The quantitative estimate of drug-likeness (QED) is 0.457. The minimum absolute atomic E-state index is 0.384. The van der Waals surface area contributed by atoms with Crippen LogP contribution in [0.3, 0.4) is 0 Å². The van der Waals surface area contributed by atoms with Gasteiger partial charge in [-0.1, -0.05) is 18.5 Å². The van der Waals surface area contributed by atoms with Gasteiger partial charge in [-0.3, -0.25) is 4.79 Å². The van der Waals surface area contributed by atoms with Crippen molar-refractivity contribution in [2.45, 2.75) is 20.3 Å². The third-order valence-electron chi connectivity index (χ3n) is 3.81. The van der Waals surface area contributed by atoms with E-state index in [9.17, 15) is 4.79 Å². The molecule has 2 rings (SSSR count). The van der Waals surface area contributed by atoms with Gasteiger partial charge in [-0.05, 0) is 49.2 Å². The van der Waals surface area contributed by atoms with Crippen molar-refractivity contribution >= 4 is 23.7 Å². The Hall–Kier alpha value is -2.93. The van der Waals surface area contributed by atoms with E-state index < -0.39 is 0 Å². The molecule has 2 aromatic rings. The van der Waals surface area contributed by atoms with E-state index in [1.165, 1.54) is 20.4 Å². The summed E-state index contributed by atoms with van der Waals surface area (Å²) in [5.74, 6) is 1.64. The Morgan fingerprint density at radius 3 is 2.48 bits per heavy atom. The number of benzene rings is 2. The molecule has 0 saturated heterocycles. The molecule has 0 radical (unpaired) electrons. The third kappa shape index (κ3) is 6.02. The normalized spacial score (nSPS) is 10.7. The lowest BCUT2D eigenvalue weighted by Gasteiger charge is -2.12. The number of rotatable bonds is 10. The fourth-order valence-corrected chi connectivity index (χ4v) is 2.74. The third-order valence-corrected chi connectivity index (χ3v) is 4.09. The molecule has 1 N–H and O–H groups in total. The van der Waals surface area contributed by atoms with Crippen molar-refractivity contribution in [3.05, 3.63) is 46.5 Å². The highest BCUT2D eigenvalue weighted by molar-refractivity contribution is 6.32. The highest BCUT2D eigenvalue weighted by Gasteiger charge is 2.12. The summed E-state index contributed by atoms with van der Waals surface area (Å²) in [5, 5.41) is 4.38. The van der Waals surface area contributed by atoms with Gasteiger partial charge in [-0.25, -0.2) is 5.43 Å². The maximum atomic E-state index is 12.4. The van der Waals surface area contributed by atoms with Crippen molar-refractivity contribution in [1.29, 1.82) is 0 Å². The van der Waals surface area contributed by atoms with Gasteiger partial charge in [0, 0.05) is 5.56 Å². The molecule has 29 heavy (non-hydrogen) atoms. The van der Waals surface area contributed by atoms with Crippen LogP contribution >= 0.6 is 11.6 Å². The van der Waals surface area contributed by atoms with Crippen LogP contribution in [0.1, 0.15) is 36.2 Å². The summed E-state index contributed by atoms with van der Waals surface area (Å²) in [7, 11) is 3.05. The van der Waals surface area contributed by atoms with E-state index in [1.807, 2.05) is 13.8 Å². The molecule has 8 heteroatoms. The number of amides is 1. The lowest BCUT2D eigenvalue weighted by atomic mass is 10.2. The zero-order chi connectivity index (χ0) is 21.2. The van der Waals surface area contributed by atoms with E-state index >= 15 is 0 Å². The average Bonchev–Trinajstić information content (AvgIpc) is 2.73. The number of nitrogens with one attached hydrogen (secondary N) is 1. The molecular weight excluding hydrogens is 396 g/mol. The Morgan fingerprint density at radius 1 is 1.07 bits per heavy atom. The number of hydrazone groups is 1. The van der Waals surface area contributed by atoms with Crippen molar-refractivity contribution in [3.63, 3.8) is 0 Å². The first-order chi connectivity index (χ1) is 14.0. The predicted octanol–water partition coefficient (Wildman–Crippen LogP) is 4.31. The molecule has 2 aromatic carbocycles. The Labute approximate surface area is 175 Å². The zero-order valence-electron chi connectivity index (χ0n) is 17.0. The first kappa shape index (κ1) is 22.4. The highest BCUT2D eigenvalue weighted by Crippen LogP contribution is 2.36. The van der Waals surface area contributed by atoms with Crippen molar-refractivity contribution in [1.82, 2.24) is 5.43 Å². The summed E-state index contributed by atoms with van der Waals surface area (Å²) >= 11 is 6.23. The Bertz CT molecular complexity index is 870. The Morgan fingerprint density at radius 2 is 1.83 bits per heavy atom. The molecule has 0 unspecified atom stereocenters. The van der Waals surface area contributed by atoms with E-state index in [4.69, 9.17) is 30.5 Å². The van der Waals surface area contributed by atoms with Gasteiger partial charge in [0.1, 0.15) is 0 Å². The highest BCUT2D eigenvalue weighted by atomic mass is 35.5. The summed E-state index contributed by atoms with van der Waals surface area (Å²) in [6.07, 6.45) is 2.35. The summed E-state index contributed by atoms with van der Waals surface area (Å²) in [4.78, 5) is 12.4. The second-order valence-electron chi connectivity index (χ2n) is 5.88. The average molecular weight is 421 g/mol. The standard InChI is InChI=1S/C21H25ClN2O5/c1-5-9-29-17-8-7-15(12-18(17)26-3)21(25)24-23-13-14-10-16(22)20(28-6-2)19(11-14)27-4/h7-8,10-13H,5-6,9H2,1-4H3,(H,24,25)/b23-13+. The molecule has 0 aliphatic carbocycles. The summed E-state index contributed by atoms with van der Waals surface area (Å²) in [6.45, 7) is 4.91. The molecule has 0 saturated carbocycles. The second-order valence-corrected chi connectivity index (χ2v) is 6.29. The van der Waals surface area contributed by atoms with Crippen molar-refractivity contribution in [3.8, 4) is 23.0 Å². The summed E-state index contributed by atoms with van der Waals surface area (Å²) < 4.78 is 21.7. The fraction of sp³-hybridized carbons (Fsp3) is 0.333. The van der Waals surface area contributed by atoms with Gasteiger partial charge >= 0.3 is 0 Å². The molecule has 0 atom stereocenters. The van der Waals surface area contributed by atoms with Crippen LogP contribution < -0.4 is 24.4 Å². The van der Waals surface area contributed by atoms with E-state index in [0.29, 0.717) is 52.4 Å². The molecule has 0 fully saturated rings. The molecule has 0 heterocycles. The minimum Gasteiger partial charge on any atom is -0.493 e. The Kier molecular flexibility index (Phi) is 8.61. The van der Waals surface area contributed by atoms with Crippen LogP contribution in [0.2, 0.25) is 5.02 Å². The van der Waals surface area contributed by atoms with Crippen LogP contribution in [-0.2, 0) is 0 Å². The van der Waals surface area contributed by atoms with E-state index in [2.05, 4.69) is 10.5 Å². The number of hydrogen-bond donors (Lipinski definition) is 1. The van der Waals surface area contributed by atoms with Gasteiger partial charge in [0.2, 0.25) is 0 Å². The van der Waals surface area contributed by atoms with E-state index in [1.54, 1.807) is 30.3 Å². The van der Waals surface area contributed by atoms with Gasteiger partial charge in [-0.2, -0.15) is 5.10 Å². The lowest BCUT2D eigenvalue weighted by molar-refractivity contribution is 0.0954. The molecule has 0 aliphatic heterocycles. The number of nitrogens with zero attached hydrogens (tertiary/aromatic N) is 1. The molecule has 0 spiro atoms. The van der Waals surface area contributed by atoms with Crippen LogP contribution in [0.15, 0.2) is 35.4 Å². The van der Waals surface area contributed by atoms with Gasteiger partial charge in [0.05, 0.1) is 38.7 Å². The Balaban J connectivity index is 2.10. The second kappa shape index (κ2) is 11.2. The van der Waals surface area contributed by atoms with Gasteiger partial charge in [0.25, 0.3) is 5.91 Å². The lowest BCUT2D eigenvalue weighted by Crippen LogP contribution is -2.17. The van der Waals surface area contributed by atoms with E-state index in [-0.39, 0.29) is 5.91 Å². The van der Waals surface area contributed by atoms with Gasteiger partial charge < -0.3 is 18.9 Å². The van der Waals surface area contributed by atoms with Crippen LogP contribution in [0.5, 0.6) is 23.0 Å². The topological polar surface area (TPSA) is 78.4 Å². The molecular formula is C21H25ClN2O5. The molecule has 0 aromatic heterocycles. The van der Waals surface area contributed by atoms with Gasteiger partial charge in [-0.15, -0.1) is 0 Å². The number of ether oxygens (including phenoxy) is 4. The predicted molar refractivity (Wildman–Crippen MR) is 113 cm³/mol. The van der Waals surface area contributed by atoms with Crippen LogP contribution in [-0.4, -0.2) is 39.6 Å². The SMILES string of the molecule is CCCOc1ccc(C(=O)N/N=C/c2cc(Cl)c(OCC)c(OC)c2)cc1OC. The summed E-state index contributed by atoms with van der Waals surface area (Å²) in [5.41, 5.74) is 3.52. The smallest absolute Gasteiger partial charge is 0.271 e. The first-order valence-electron chi connectivity index (χ1n) is 9.18. The molecule has 156 valence electrons. The van der Waals surface area contributed by atoms with Gasteiger partial charge in [0.15, 0.2) is 23.0 Å². The minimum atomic E-state index is -0.384. The molecule has 1 amide bonds. The van der Waals surface area contributed by atoms with Crippen LogP contribution in [0, 0.1) is 0 Å². The van der Waals surface area contributed by atoms with E-state index in [0.717, 1.165) is 6.42 Å². The van der Waals surface area contributed by atoms with Crippen LogP contribution in [0.25, 0.3) is 0 Å². The molecule has 7 nitrogen and oxygen atoms in total. The van der Waals surface area contributed by atoms with Crippen LogP contribution in [0.4, 0.5) is 0 Å². The first-order valence-corrected chi connectivity index (χ1v) is 9.56. The summed E-state index contributed by atoms with van der Waals surface area (Å²) in [6, 6.07) is 8.34. The largest absolute Gasteiger partial charge is 0.493 e. The molecule has 0 bridgehead atoms. The number of methoxy groups -OCH3 is 2. The number of halogens is 1. The molecule has 0 aliphatic rings. The van der Waals surface area contributed by atoms with Crippen molar-refractivity contribution < 1.29 is 23.7 Å². The number of carbonyl (C=O) groups excluding carboxylic acids is 1. The maximum absolute atomic E-state index is 12.4. The van der Waals surface area contributed by atoms with Crippen molar-refractivity contribution in [2.24, 2.45) is 5.10 Å². The van der Waals surface area contributed by atoms with Crippen molar-refractivity contribution in [2.75, 3.05) is 27.4 Å². The monoisotopic (exact) mass is 420 g/mol.